The fourth-order valence-electron chi connectivity index (χ4n) is 1.51. The van der Waals surface area contributed by atoms with Gasteiger partial charge in [-0.1, -0.05) is 15.9 Å². The topological polar surface area (TPSA) is 34.0 Å². The SMILES string of the molecule is CC(=O)NCn1ccc2cc(Br)ccc21. The minimum Gasteiger partial charge on any atom is -0.338 e. The van der Waals surface area contributed by atoms with Crippen LogP contribution in [-0.2, 0) is 11.5 Å². The van der Waals surface area contributed by atoms with Crippen LogP contribution < -0.4 is 5.32 Å². The van der Waals surface area contributed by atoms with E-state index >= 15 is 0 Å². The van der Waals surface area contributed by atoms with Gasteiger partial charge in [0.25, 0.3) is 0 Å². The lowest BCUT2D eigenvalue weighted by molar-refractivity contribution is -0.119. The van der Waals surface area contributed by atoms with Crippen molar-refractivity contribution < 1.29 is 4.79 Å². The van der Waals surface area contributed by atoms with E-state index in [-0.39, 0.29) is 5.91 Å². The smallest absolute Gasteiger partial charge is 0.218 e. The lowest BCUT2D eigenvalue weighted by atomic mass is 10.2. The van der Waals surface area contributed by atoms with Gasteiger partial charge < -0.3 is 9.88 Å². The molecule has 1 aromatic carbocycles. The first-order valence-electron chi connectivity index (χ1n) is 4.65. The fourth-order valence-corrected chi connectivity index (χ4v) is 1.88. The number of halogens is 1. The Morgan fingerprint density at radius 1 is 1.47 bits per heavy atom. The van der Waals surface area contributed by atoms with Crippen LogP contribution in [0.3, 0.4) is 0 Å². The van der Waals surface area contributed by atoms with Crippen molar-refractivity contribution in [3.05, 3.63) is 34.9 Å². The van der Waals surface area contributed by atoms with Gasteiger partial charge in [-0.15, -0.1) is 0 Å². The normalized spacial score (nSPS) is 10.5. The zero-order valence-electron chi connectivity index (χ0n) is 8.33. The fraction of sp³-hybridized carbons (Fsp3) is 0.182. The van der Waals surface area contributed by atoms with Crippen molar-refractivity contribution >= 4 is 32.7 Å². The average Bonchev–Trinajstić information content (AvgIpc) is 2.57. The van der Waals surface area contributed by atoms with Crippen LogP contribution in [0.2, 0.25) is 0 Å². The van der Waals surface area contributed by atoms with Crippen molar-refractivity contribution in [1.29, 1.82) is 0 Å². The molecule has 0 spiro atoms. The Kier molecular flexibility index (Phi) is 2.77. The molecule has 2 aromatic rings. The molecule has 0 unspecified atom stereocenters. The van der Waals surface area contributed by atoms with Crippen LogP contribution in [0.1, 0.15) is 6.92 Å². The molecule has 1 aromatic heterocycles. The summed E-state index contributed by atoms with van der Waals surface area (Å²) in [6.07, 6.45) is 1.97. The van der Waals surface area contributed by atoms with Crippen LogP contribution in [0.15, 0.2) is 34.9 Å². The lowest BCUT2D eigenvalue weighted by Gasteiger charge is -2.05. The largest absolute Gasteiger partial charge is 0.338 e. The third kappa shape index (κ3) is 2.21. The molecular formula is C11H11BrN2O. The van der Waals surface area contributed by atoms with Gasteiger partial charge in [-0.3, -0.25) is 4.79 Å². The third-order valence-electron chi connectivity index (χ3n) is 2.23. The Hall–Kier alpha value is -1.29. The number of rotatable bonds is 2. The highest BCUT2D eigenvalue weighted by atomic mass is 79.9. The summed E-state index contributed by atoms with van der Waals surface area (Å²) in [5.74, 6) is -0.0195. The van der Waals surface area contributed by atoms with Crippen molar-refractivity contribution in [2.75, 3.05) is 0 Å². The number of nitrogens with one attached hydrogen (secondary N) is 1. The van der Waals surface area contributed by atoms with E-state index in [1.807, 2.05) is 29.0 Å². The van der Waals surface area contributed by atoms with Crippen molar-refractivity contribution in [2.24, 2.45) is 0 Å². The third-order valence-corrected chi connectivity index (χ3v) is 2.72. The predicted molar refractivity (Wildman–Crippen MR) is 63.5 cm³/mol. The summed E-state index contributed by atoms with van der Waals surface area (Å²) >= 11 is 3.42. The Labute approximate surface area is 96.2 Å². The molecule has 78 valence electrons. The van der Waals surface area contributed by atoms with E-state index in [1.54, 1.807) is 0 Å². The highest BCUT2D eigenvalue weighted by molar-refractivity contribution is 9.10. The number of carbonyl (C=O) groups is 1. The molecule has 0 radical (unpaired) electrons. The van der Waals surface area contributed by atoms with Crippen LogP contribution in [-0.4, -0.2) is 10.5 Å². The number of nitrogens with zero attached hydrogens (tertiary/aromatic N) is 1. The molecule has 0 saturated carbocycles. The van der Waals surface area contributed by atoms with Gasteiger partial charge in [0.15, 0.2) is 0 Å². The number of fused-ring (bicyclic) bond motifs is 1. The summed E-state index contributed by atoms with van der Waals surface area (Å²) in [7, 11) is 0. The molecule has 4 heteroatoms. The van der Waals surface area contributed by atoms with Crippen LogP contribution in [0.4, 0.5) is 0 Å². The first-order chi connectivity index (χ1) is 7.16. The Balaban J connectivity index is 2.32. The summed E-state index contributed by atoms with van der Waals surface area (Å²) in [6.45, 7) is 2.03. The number of aromatic nitrogens is 1. The second-order valence-corrected chi connectivity index (χ2v) is 4.30. The molecule has 0 fully saturated rings. The van der Waals surface area contributed by atoms with Crippen molar-refractivity contribution in [3.8, 4) is 0 Å². The molecule has 3 nitrogen and oxygen atoms in total. The minimum atomic E-state index is -0.0195. The standard InChI is InChI=1S/C11H11BrN2O/c1-8(15)13-7-14-5-4-9-6-10(12)2-3-11(9)14/h2-6H,7H2,1H3,(H,13,15). The Morgan fingerprint density at radius 2 is 2.27 bits per heavy atom. The summed E-state index contributed by atoms with van der Waals surface area (Å²) in [4.78, 5) is 10.8. The van der Waals surface area contributed by atoms with Crippen molar-refractivity contribution in [3.63, 3.8) is 0 Å². The predicted octanol–water partition coefficient (Wildman–Crippen LogP) is 2.50. The van der Waals surface area contributed by atoms with Crippen molar-refractivity contribution in [2.45, 2.75) is 13.6 Å². The van der Waals surface area contributed by atoms with Crippen LogP contribution in [0, 0.1) is 0 Å². The van der Waals surface area contributed by atoms with Gasteiger partial charge in [-0.2, -0.15) is 0 Å². The minimum absolute atomic E-state index is 0.0195. The maximum absolute atomic E-state index is 10.8. The molecule has 1 N–H and O–H groups in total. The molecular weight excluding hydrogens is 256 g/mol. The zero-order valence-corrected chi connectivity index (χ0v) is 9.91. The van der Waals surface area contributed by atoms with E-state index in [4.69, 9.17) is 0 Å². The Morgan fingerprint density at radius 3 is 3.00 bits per heavy atom. The monoisotopic (exact) mass is 266 g/mol. The van der Waals surface area contributed by atoms with Gasteiger partial charge in [-0.25, -0.2) is 0 Å². The van der Waals surface area contributed by atoms with Gasteiger partial charge in [0.2, 0.25) is 5.91 Å². The molecule has 0 aliphatic carbocycles. The molecule has 0 bridgehead atoms. The Bertz CT molecular complexity index is 504. The summed E-state index contributed by atoms with van der Waals surface area (Å²) in [6, 6.07) is 8.11. The molecule has 2 rings (SSSR count). The quantitative estimate of drug-likeness (QED) is 0.891. The molecule has 15 heavy (non-hydrogen) atoms. The van der Waals surface area contributed by atoms with E-state index in [2.05, 4.69) is 27.3 Å². The summed E-state index contributed by atoms with van der Waals surface area (Å²) < 4.78 is 3.07. The zero-order chi connectivity index (χ0) is 10.8. The average molecular weight is 267 g/mol. The molecule has 0 aliphatic rings. The number of benzene rings is 1. The molecule has 0 atom stereocenters. The van der Waals surface area contributed by atoms with E-state index < -0.39 is 0 Å². The van der Waals surface area contributed by atoms with Gasteiger partial charge in [0.1, 0.15) is 0 Å². The van der Waals surface area contributed by atoms with E-state index in [9.17, 15) is 4.79 Å². The van der Waals surface area contributed by atoms with Gasteiger partial charge >= 0.3 is 0 Å². The first kappa shape index (κ1) is 10.2. The van der Waals surface area contributed by atoms with Gasteiger partial charge in [0, 0.05) is 28.5 Å². The highest BCUT2D eigenvalue weighted by Gasteiger charge is 2.01. The molecule has 0 saturated heterocycles. The van der Waals surface area contributed by atoms with E-state index in [1.165, 1.54) is 6.92 Å². The highest BCUT2D eigenvalue weighted by Crippen LogP contribution is 2.20. The second-order valence-electron chi connectivity index (χ2n) is 3.38. The molecule has 1 heterocycles. The van der Waals surface area contributed by atoms with Crippen LogP contribution >= 0.6 is 15.9 Å². The van der Waals surface area contributed by atoms with Gasteiger partial charge in [-0.05, 0) is 24.3 Å². The summed E-state index contributed by atoms with van der Waals surface area (Å²) in [5.41, 5.74) is 1.12. The van der Waals surface area contributed by atoms with Crippen molar-refractivity contribution in [1.82, 2.24) is 9.88 Å². The number of amides is 1. The number of hydrogen-bond donors (Lipinski definition) is 1. The number of hydrogen-bond acceptors (Lipinski definition) is 1. The first-order valence-corrected chi connectivity index (χ1v) is 5.45. The second kappa shape index (κ2) is 4.06. The van der Waals surface area contributed by atoms with Crippen LogP contribution in [0.5, 0.6) is 0 Å². The summed E-state index contributed by atoms with van der Waals surface area (Å²) in [5, 5.41) is 3.93. The maximum Gasteiger partial charge on any atom is 0.218 e. The maximum atomic E-state index is 10.8. The molecule has 1 amide bonds. The molecule has 0 aliphatic heterocycles. The lowest BCUT2D eigenvalue weighted by Crippen LogP contribution is -2.22. The number of carbonyl (C=O) groups excluding carboxylic acids is 1. The van der Waals surface area contributed by atoms with Crippen LogP contribution in [0.25, 0.3) is 10.9 Å². The van der Waals surface area contributed by atoms with E-state index in [0.29, 0.717) is 6.67 Å². The van der Waals surface area contributed by atoms with E-state index in [0.717, 1.165) is 15.4 Å². The van der Waals surface area contributed by atoms with Gasteiger partial charge in [0.05, 0.1) is 6.67 Å².